The molecule has 0 aromatic rings. The molecule has 0 amide bonds. The summed E-state index contributed by atoms with van der Waals surface area (Å²) >= 11 is 0. The Labute approximate surface area is 123 Å². The lowest BCUT2D eigenvalue weighted by molar-refractivity contribution is -0.890. The molecule has 0 bridgehead atoms. The van der Waals surface area contributed by atoms with Crippen molar-refractivity contribution in [2.45, 2.75) is 90.9 Å². The van der Waals surface area contributed by atoms with E-state index in [1.807, 2.05) is 0 Å². The molecule has 0 aromatic carbocycles. The first-order chi connectivity index (χ1) is 9.12. The predicted octanol–water partition coefficient (Wildman–Crippen LogP) is 5.78. The normalized spacial score (nSPS) is 12.0. The fraction of sp³-hybridized carbons (Fsp3) is 1.00. The molecule has 0 N–H and O–H groups in total. The van der Waals surface area contributed by atoms with E-state index >= 15 is 0 Å². The molecular formula is C18H40N+. The summed E-state index contributed by atoms with van der Waals surface area (Å²) in [6.07, 6.45) is 17.2. The standard InChI is InChI=1S/C18H40N/c1-5-7-9-10-11-12-13-14-15-16-18-19(3,4)17-8-6-2/h5-18H2,1-4H3/q+1. The van der Waals surface area contributed by atoms with E-state index in [1.165, 1.54) is 94.6 Å². The third-order valence-corrected chi connectivity index (χ3v) is 4.23. The highest BCUT2D eigenvalue weighted by Crippen LogP contribution is 2.12. The van der Waals surface area contributed by atoms with Crippen molar-refractivity contribution in [3.8, 4) is 0 Å². The first-order valence-electron chi connectivity index (χ1n) is 8.94. The molecule has 0 atom stereocenters. The van der Waals surface area contributed by atoms with E-state index in [2.05, 4.69) is 27.9 Å². The molecule has 0 spiro atoms. The van der Waals surface area contributed by atoms with Crippen LogP contribution >= 0.6 is 0 Å². The van der Waals surface area contributed by atoms with Gasteiger partial charge in [0.05, 0.1) is 27.2 Å². The van der Waals surface area contributed by atoms with E-state index in [9.17, 15) is 0 Å². The maximum Gasteiger partial charge on any atom is 0.0782 e. The van der Waals surface area contributed by atoms with Gasteiger partial charge in [0.15, 0.2) is 0 Å². The van der Waals surface area contributed by atoms with Gasteiger partial charge in [-0.25, -0.2) is 0 Å². The van der Waals surface area contributed by atoms with Crippen LogP contribution in [0.3, 0.4) is 0 Å². The molecule has 0 fully saturated rings. The highest BCUT2D eigenvalue weighted by atomic mass is 15.3. The van der Waals surface area contributed by atoms with Gasteiger partial charge in [0.25, 0.3) is 0 Å². The van der Waals surface area contributed by atoms with Crippen LogP contribution in [0.25, 0.3) is 0 Å². The van der Waals surface area contributed by atoms with Crippen molar-refractivity contribution in [3.05, 3.63) is 0 Å². The van der Waals surface area contributed by atoms with E-state index in [4.69, 9.17) is 0 Å². The minimum atomic E-state index is 1.23. The fourth-order valence-corrected chi connectivity index (χ4v) is 2.73. The monoisotopic (exact) mass is 270 g/mol. The molecule has 0 saturated heterocycles. The molecule has 0 aromatic heterocycles. The molecule has 0 radical (unpaired) electrons. The van der Waals surface area contributed by atoms with Crippen LogP contribution in [-0.4, -0.2) is 31.7 Å². The lowest BCUT2D eigenvalue weighted by Gasteiger charge is -2.29. The number of nitrogens with zero attached hydrogens (tertiary/aromatic N) is 1. The molecule has 0 saturated carbocycles. The summed E-state index contributed by atoms with van der Waals surface area (Å²) in [7, 11) is 4.78. The number of hydrogen-bond donors (Lipinski definition) is 0. The summed E-state index contributed by atoms with van der Waals surface area (Å²) < 4.78 is 1.23. The Morgan fingerprint density at radius 1 is 0.474 bits per heavy atom. The second-order valence-electron chi connectivity index (χ2n) is 6.92. The Morgan fingerprint density at radius 2 is 0.842 bits per heavy atom. The Hall–Kier alpha value is -0.0400. The number of quaternary nitrogens is 1. The highest BCUT2D eigenvalue weighted by Gasteiger charge is 2.12. The van der Waals surface area contributed by atoms with Crippen molar-refractivity contribution in [2.75, 3.05) is 27.2 Å². The zero-order valence-corrected chi connectivity index (χ0v) is 14.3. The van der Waals surface area contributed by atoms with Gasteiger partial charge in [0.2, 0.25) is 0 Å². The molecular weight excluding hydrogens is 230 g/mol. The first-order valence-corrected chi connectivity index (χ1v) is 8.94. The number of hydrogen-bond acceptors (Lipinski definition) is 0. The van der Waals surface area contributed by atoms with Crippen LogP contribution in [0.1, 0.15) is 90.9 Å². The van der Waals surface area contributed by atoms with Gasteiger partial charge in [0.1, 0.15) is 0 Å². The van der Waals surface area contributed by atoms with Crippen LogP contribution < -0.4 is 0 Å². The van der Waals surface area contributed by atoms with Gasteiger partial charge in [-0.05, 0) is 19.3 Å². The smallest absolute Gasteiger partial charge is 0.0782 e. The second kappa shape index (κ2) is 13.0. The van der Waals surface area contributed by atoms with Crippen molar-refractivity contribution in [1.82, 2.24) is 0 Å². The number of unbranched alkanes of at least 4 members (excludes halogenated alkanes) is 10. The second-order valence-corrected chi connectivity index (χ2v) is 6.92. The lowest BCUT2D eigenvalue weighted by Crippen LogP contribution is -2.41. The van der Waals surface area contributed by atoms with E-state index in [1.54, 1.807) is 0 Å². The Morgan fingerprint density at radius 3 is 1.32 bits per heavy atom. The van der Waals surface area contributed by atoms with Crippen LogP contribution in [0.4, 0.5) is 0 Å². The zero-order chi connectivity index (χ0) is 14.4. The van der Waals surface area contributed by atoms with Crippen molar-refractivity contribution < 1.29 is 4.48 Å². The maximum atomic E-state index is 2.39. The van der Waals surface area contributed by atoms with Crippen LogP contribution in [0.5, 0.6) is 0 Å². The molecule has 0 rings (SSSR count). The molecule has 1 heteroatoms. The molecule has 0 aliphatic heterocycles. The van der Waals surface area contributed by atoms with Crippen molar-refractivity contribution >= 4 is 0 Å². The third kappa shape index (κ3) is 14.2. The van der Waals surface area contributed by atoms with Crippen LogP contribution in [0.2, 0.25) is 0 Å². The van der Waals surface area contributed by atoms with E-state index in [-0.39, 0.29) is 0 Å². The van der Waals surface area contributed by atoms with Gasteiger partial charge in [-0.15, -0.1) is 0 Å². The highest BCUT2D eigenvalue weighted by molar-refractivity contribution is 4.47. The van der Waals surface area contributed by atoms with Crippen LogP contribution in [-0.2, 0) is 0 Å². The minimum absolute atomic E-state index is 1.23. The average molecular weight is 271 g/mol. The first kappa shape index (κ1) is 19.0. The van der Waals surface area contributed by atoms with Gasteiger partial charge >= 0.3 is 0 Å². The molecule has 0 heterocycles. The van der Waals surface area contributed by atoms with Crippen molar-refractivity contribution in [1.29, 1.82) is 0 Å². The molecule has 1 nitrogen and oxygen atoms in total. The van der Waals surface area contributed by atoms with Gasteiger partial charge in [0, 0.05) is 0 Å². The predicted molar refractivity (Wildman–Crippen MR) is 88.6 cm³/mol. The fourth-order valence-electron chi connectivity index (χ4n) is 2.73. The summed E-state index contributed by atoms with van der Waals surface area (Å²) in [4.78, 5) is 0. The lowest BCUT2D eigenvalue weighted by atomic mass is 10.1. The molecule has 0 unspecified atom stereocenters. The zero-order valence-electron chi connectivity index (χ0n) is 14.3. The van der Waals surface area contributed by atoms with Crippen molar-refractivity contribution in [2.24, 2.45) is 0 Å². The molecule has 116 valence electrons. The Kier molecular flexibility index (Phi) is 12.9. The molecule has 0 aliphatic carbocycles. The van der Waals surface area contributed by atoms with Crippen LogP contribution in [0, 0.1) is 0 Å². The quantitative estimate of drug-likeness (QED) is 0.277. The summed E-state index contributed by atoms with van der Waals surface area (Å²) in [5.41, 5.74) is 0. The number of rotatable bonds is 14. The SMILES string of the molecule is CCCCCCCCCCCC[N+](C)(C)CCCC. The largest absolute Gasteiger partial charge is 0.328 e. The average Bonchev–Trinajstić information content (AvgIpc) is 2.38. The van der Waals surface area contributed by atoms with E-state index < -0.39 is 0 Å². The minimum Gasteiger partial charge on any atom is -0.328 e. The van der Waals surface area contributed by atoms with Gasteiger partial charge in [-0.3, -0.25) is 0 Å². The summed E-state index contributed by atoms with van der Waals surface area (Å²) in [5.74, 6) is 0. The van der Waals surface area contributed by atoms with E-state index in [0.29, 0.717) is 0 Å². The molecule has 0 aliphatic rings. The molecule has 19 heavy (non-hydrogen) atoms. The van der Waals surface area contributed by atoms with Crippen molar-refractivity contribution in [3.63, 3.8) is 0 Å². The van der Waals surface area contributed by atoms with Gasteiger partial charge < -0.3 is 4.48 Å². The Bertz CT molecular complexity index is 175. The maximum absolute atomic E-state index is 2.39. The summed E-state index contributed by atoms with van der Waals surface area (Å²) in [6.45, 7) is 7.31. The van der Waals surface area contributed by atoms with Gasteiger partial charge in [-0.1, -0.05) is 71.6 Å². The van der Waals surface area contributed by atoms with Gasteiger partial charge in [-0.2, -0.15) is 0 Å². The topological polar surface area (TPSA) is 0 Å². The Balaban J connectivity index is 3.21. The van der Waals surface area contributed by atoms with E-state index in [0.717, 1.165) is 0 Å². The third-order valence-electron chi connectivity index (χ3n) is 4.23. The summed E-state index contributed by atoms with van der Waals surface area (Å²) in [6, 6.07) is 0. The summed E-state index contributed by atoms with van der Waals surface area (Å²) in [5, 5.41) is 0. The van der Waals surface area contributed by atoms with Crippen LogP contribution in [0.15, 0.2) is 0 Å².